The SMILES string of the molecule is CCN1CCN(c2ccc(Nc3cc(NCc4ccccc4)c(C(N)=O)cn3)cc2)CC1.O=C=O. The fourth-order valence-electron chi connectivity index (χ4n) is 3.89. The van der Waals surface area contributed by atoms with Crippen molar-refractivity contribution in [3.63, 3.8) is 0 Å². The molecule has 4 rings (SSSR count). The molecular formula is C26H30N6O3. The third-order valence-electron chi connectivity index (χ3n) is 5.82. The van der Waals surface area contributed by atoms with E-state index in [4.69, 9.17) is 15.3 Å². The van der Waals surface area contributed by atoms with E-state index in [1.54, 1.807) is 0 Å². The molecule has 4 N–H and O–H groups in total. The number of aromatic nitrogens is 1. The van der Waals surface area contributed by atoms with E-state index in [1.807, 2.05) is 36.4 Å². The molecule has 1 aliphatic rings. The smallest absolute Gasteiger partial charge is 0.373 e. The zero-order chi connectivity index (χ0) is 25.0. The van der Waals surface area contributed by atoms with Gasteiger partial charge < -0.3 is 26.2 Å². The lowest BCUT2D eigenvalue weighted by Gasteiger charge is -2.35. The number of nitrogens with zero attached hydrogens (tertiary/aromatic N) is 3. The Morgan fingerprint density at radius 2 is 1.69 bits per heavy atom. The van der Waals surface area contributed by atoms with Crippen molar-refractivity contribution in [2.24, 2.45) is 5.73 Å². The van der Waals surface area contributed by atoms with Gasteiger partial charge in [0.1, 0.15) is 5.82 Å². The molecule has 0 bridgehead atoms. The first kappa shape index (κ1) is 25.4. The van der Waals surface area contributed by atoms with Gasteiger partial charge in [-0.25, -0.2) is 4.98 Å². The van der Waals surface area contributed by atoms with Crippen LogP contribution in [-0.2, 0) is 16.1 Å². The molecule has 9 nitrogen and oxygen atoms in total. The lowest BCUT2D eigenvalue weighted by Crippen LogP contribution is -2.46. The van der Waals surface area contributed by atoms with Crippen LogP contribution in [0.3, 0.4) is 0 Å². The van der Waals surface area contributed by atoms with Crippen molar-refractivity contribution in [1.29, 1.82) is 0 Å². The van der Waals surface area contributed by atoms with E-state index < -0.39 is 5.91 Å². The molecule has 9 heteroatoms. The highest BCUT2D eigenvalue weighted by molar-refractivity contribution is 5.98. The second-order valence-corrected chi connectivity index (χ2v) is 8.00. The fraction of sp³-hybridized carbons (Fsp3) is 0.269. The molecule has 0 spiro atoms. The zero-order valence-electron chi connectivity index (χ0n) is 19.7. The number of nitrogens with one attached hydrogen (secondary N) is 2. The summed E-state index contributed by atoms with van der Waals surface area (Å²) in [6.07, 6.45) is 1.76. The van der Waals surface area contributed by atoms with Crippen LogP contribution in [0.15, 0.2) is 66.9 Å². The topological polar surface area (TPSA) is 121 Å². The summed E-state index contributed by atoms with van der Waals surface area (Å²) in [7, 11) is 0. The van der Waals surface area contributed by atoms with E-state index in [0.29, 0.717) is 23.6 Å². The Kier molecular flexibility index (Phi) is 9.36. The first-order chi connectivity index (χ1) is 17.0. The molecular weight excluding hydrogens is 444 g/mol. The van der Waals surface area contributed by atoms with Gasteiger partial charge in [0.05, 0.1) is 11.3 Å². The molecule has 0 radical (unpaired) electrons. The Morgan fingerprint density at radius 1 is 1.03 bits per heavy atom. The van der Waals surface area contributed by atoms with Crippen LogP contribution in [0.1, 0.15) is 22.8 Å². The van der Waals surface area contributed by atoms with Crippen LogP contribution in [0, 0.1) is 0 Å². The molecule has 3 aromatic rings. The van der Waals surface area contributed by atoms with Crippen molar-refractivity contribution in [2.75, 3.05) is 48.3 Å². The summed E-state index contributed by atoms with van der Waals surface area (Å²) < 4.78 is 0. The molecule has 0 aliphatic carbocycles. The maximum absolute atomic E-state index is 11.8. The number of nitrogens with two attached hydrogens (primary N) is 1. The van der Waals surface area contributed by atoms with Gasteiger partial charge >= 0.3 is 6.15 Å². The van der Waals surface area contributed by atoms with Crippen molar-refractivity contribution in [3.05, 3.63) is 78.0 Å². The third kappa shape index (κ3) is 7.40. The van der Waals surface area contributed by atoms with Crippen LogP contribution in [0.2, 0.25) is 0 Å². The molecule has 0 atom stereocenters. The van der Waals surface area contributed by atoms with E-state index in [-0.39, 0.29) is 6.15 Å². The van der Waals surface area contributed by atoms with Gasteiger partial charge in [-0.05, 0) is 36.4 Å². The molecule has 1 fully saturated rings. The van der Waals surface area contributed by atoms with Crippen LogP contribution in [-0.4, -0.2) is 54.7 Å². The van der Waals surface area contributed by atoms with E-state index in [9.17, 15) is 4.79 Å². The van der Waals surface area contributed by atoms with Gasteiger partial charge in [-0.1, -0.05) is 37.3 Å². The lowest BCUT2D eigenvalue weighted by atomic mass is 10.2. The second kappa shape index (κ2) is 12.9. The highest BCUT2D eigenvalue weighted by Gasteiger charge is 2.16. The summed E-state index contributed by atoms with van der Waals surface area (Å²) in [6, 6.07) is 20.2. The molecule has 0 unspecified atom stereocenters. The van der Waals surface area contributed by atoms with E-state index in [0.717, 1.165) is 44.0 Å². The Bertz CT molecular complexity index is 1120. The number of primary amides is 1. The van der Waals surface area contributed by atoms with Crippen molar-refractivity contribution >= 4 is 34.9 Å². The number of carbonyl (C=O) groups is 1. The van der Waals surface area contributed by atoms with Crippen LogP contribution >= 0.6 is 0 Å². The fourth-order valence-corrected chi connectivity index (χ4v) is 3.89. The van der Waals surface area contributed by atoms with Crippen molar-refractivity contribution in [1.82, 2.24) is 9.88 Å². The number of carbonyl (C=O) groups excluding carboxylic acids is 3. The minimum absolute atomic E-state index is 0.250. The average molecular weight is 475 g/mol. The monoisotopic (exact) mass is 474 g/mol. The highest BCUT2D eigenvalue weighted by Crippen LogP contribution is 2.24. The van der Waals surface area contributed by atoms with Crippen LogP contribution in [0.4, 0.5) is 22.9 Å². The quantitative estimate of drug-likeness (QED) is 0.456. The second-order valence-electron chi connectivity index (χ2n) is 8.00. The molecule has 35 heavy (non-hydrogen) atoms. The average Bonchev–Trinajstić information content (AvgIpc) is 2.89. The van der Waals surface area contributed by atoms with Gasteiger partial charge in [0.15, 0.2) is 0 Å². The standard InChI is InChI=1S/C25H30N6O.CO2/c1-2-30-12-14-31(15-13-30)21-10-8-20(9-11-21)29-24-16-23(22(18-28-24)25(26)32)27-17-19-6-4-3-5-7-19;2-1-3/h3-11,16,18H,2,12-15,17H2,1H3,(H2,26,32)(H2,27,28,29);. The summed E-state index contributed by atoms with van der Waals surface area (Å²) in [5.74, 6) is 0.141. The largest absolute Gasteiger partial charge is 0.380 e. The number of amides is 1. The number of pyridine rings is 1. The van der Waals surface area contributed by atoms with Gasteiger partial charge in [0.2, 0.25) is 0 Å². The number of likely N-dealkylation sites (N-methyl/N-ethyl adjacent to an activating group) is 1. The van der Waals surface area contributed by atoms with E-state index >= 15 is 0 Å². The van der Waals surface area contributed by atoms with Crippen LogP contribution in [0.25, 0.3) is 0 Å². The Balaban J connectivity index is 0.00000108. The highest BCUT2D eigenvalue weighted by atomic mass is 16.2. The van der Waals surface area contributed by atoms with E-state index in [2.05, 4.69) is 56.6 Å². The third-order valence-corrected chi connectivity index (χ3v) is 5.82. The summed E-state index contributed by atoms with van der Waals surface area (Å²) in [5, 5.41) is 6.63. The van der Waals surface area contributed by atoms with Gasteiger partial charge in [-0.2, -0.15) is 9.59 Å². The Morgan fingerprint density at radius 3 is 2.29 bits per heavy atom. The van der Waals surface area contributed by atoms with Gasteiger partial charge in [-0.15, -0.1) is 0 Å². The predicted octanol–water partition coefficient (Wildman–Crippen LogP) is 3.09. The Hall–Kier alpha value is -4.20. The van der Waals surface area contributed by atoms with E-state index in [1.165, 1.54) is 11.9 Å². The summed E-state index contributed by atoms with van der Waals surface area (Å²) in [6.45, 7) is 8.21. The molecule has 1 amide bonds. The molecule has 1 aliphatic heterocycles. The maximum atomic E-state index is 11.8. The predicted molar refractivity (Wildman–Crippen MR) is 136 cm³/mol. The van der Waals surface area contributed by atoms with Crippen molar-refractivity contribution < 1.29 is 14.4 Å². The maximum Gasteiger partial charge on any atom is 0.373 e. The summed E-state index contributed by atoms with van der Waals surface area (Å²) in [4.78, 5) is 37.4. The van der Waals surface area contributed by atoms with Crippen molar-refractivity contribution in [2.45, 2.75) is 13.5 Å². The minimum atomic E-state index is -0.507. The normalized spacial score (nSPS) is 13.2. The zero-order valence-corrected chi connectivity index (χ0v) is 19.7. The van der Waals surface area contributed by atoms with Gasteiger partial charge in [0.25, 0.3) is 5.91 Å². The van der Waals surface area contributed by atoms with Crippen LogP contribution in [0.5, 0.6) is 0 Å². The number of piperazine rings is 1. The van der Waals surface area contributed by atoms with Crippen LogP contribution < -0.4 is 21.3 Å². The number of hydrogen-bond acceptors (Lipinski definition) is 8. The molecule has 0 saturated carbocycles. The lowest BCUT2D eigenvalue weighted by molar-refractivity contribution is -0.191. The van der Waals surface area contributed by atoms with Crippen molar-refractivity contribution in [3.8, 4) is 0 Å². The first-order valence-electron chi connectivity index (χ1n) is 11.4. The number of anilines is 4. The number of hydrogen-bond donors (Lipinski definition) is 3. The first-order valence-corrected chi connectivity index (χ1v) is 11.4. The molecule has 1 saturated heterocycles. The Labute approximate surface area is 204 Å². The number of benzene rings is 2. The summed E-state index contributed by atoms with van der Waals surface area (Å²) in [5.41, 5.74) is 9.85. The molecule has 182 valence electrons. The molecule has 2 heterocycles. The molecule has 1 aromatic heterocycles. The summed E-state index contributed by atoms with van der Waals surface area (Å²) >= 11 is 0. The van der Waals surface area contributed by atoms with Gasteiger partial charge in [0, 0.05) is 56.4 Å². The minimum Gasteiger partial charge on any atom is -0.380 e. The molecule has 2 aromatic carbocycles. The number of rotatable bonds is 8. The van der Waals surface area contributed by atoms with Gasteiger partial charge in [-0.3, -0.25) is 4.79 Å².